The number of fused-ring (bicyclic) bond motifs is 1. The molecule has 0 radical (unpaired) electrons. The van der Waals surface area contributed by atoms with Gasteiger partial charge in [0.25, 0.3) is 5.56 Å². The molecule has 3 heterocycles. The SMILES string of the molecule is COC(=O)C1=C(C)N=c2s/c(=C\c3cn(-c4ccccc4)nc3-c3ccc(OCCC(C)C)c(C)c3)c(=O)n2[C@@H]1c1ccc(C(=O)OC)cc1. The number of hydrogen-bond donors (Lipinski definition) is 0. The van der Waals surface area contributed by atoms with E-state index in [4.69, 9.17) is 19.3 Å². The standard InChI is InChI=1S/C39H38N4O6S/c1-23(2)18-19-49-31-17-16-28(20-24(31)3)34-29(22-42(41-34)30-10-8-7-9-11-30)21-32-36(44)43-35(26-12-14-27(15-13-26)37(45)47-5)33(38(46)48-6)25(4)40-39(43)50-32/h7-17,20-23,35H,18-19H2,1-6H3/b32-21-/t35-/m1/s1. The van der Waals surface area contributed by atoms with Gasteiger partial charge in [-0.05, 0) is 85.9 Å². The van der Waals surface area contributed by atoms with Crippen molar-refractivity contribution in [1.82, 2.24) is 14.3 Å². The Kier molecular flexibility index (Phi) is 9.96. The molecule has 3 aromatic carbocycles. The van der Waals surface area contributed by atoms with Crippen LogP contribution in [0.5, 0.6) is 5.75 Å². The number of allylic oxidation sites excluding steroid dienone is 1. The van der Waals surface area contributed by atoms with Crippen molar-refractivity contribution in [3.63, 3.8) is 0 Å². The van der Waals surface area contributed by atoms with Crippen molar-refractivity contribution in [3.05, 3.63) is 132 Å². The second-order valence-electron chi connectivity index (χ2n) is 12.4. The van der Waals surface area contributed by atoms with Crippen molar-refractivity contribution >= 4 is 29.4 Å². The van der Waals surface area contributed by atoms with Gasteiger partial charge >= 0.3 is 11.9 Å². The van der Waals surface area contributed by atoms with Crippen molar-refractivity contribution in [2.75, 3.05) is 20.8 Å². The zero-order chi connectivity index (χ0) is 35.5. The van der Waals surface area contributed by atoms with Gasteiger partial charge < -0.3 is 14.2 Å². The molecule has 1 atom stereocenters. The Hall–Kier alpha value is -5.55. The molecule has 0 aliphatic carbocycles. The number of para-hydroxylation sites is 1. The molecule has 1 aliphatic heterocycles. The minimum absolute atomic E-state index is 0.237. The first kappa shape index (κ1) is 34.3. The van der Waals surface area contributed by atoms with Crippen LogP contribution in [0, 0.1) is 12.8 Å². The predicted octanol–water partition coefficient (Wildman–Crippen LogP) is 5.78. The van der Waals surface area contributed by atoms with E-state index in [-0.39, 0.29) is 11.1 Å². The summed E-state index contributed by atoms with van der Waals surface area (Å²) in [5.74, 6) is 0.281. The molecule has 50 heavy (non-hydrogen) atoms. The van der Waals surface area contributed by atoms with Gasteiger partial charge in [0.15, 0.2) is 4.80 Å². The molecule has 0 unspecified atom stereocenters. The lowest BCUT2D eigenvalue weighted by atomic mass is 9.95. The number of carbonyl (C=O) groups excluding carboxylic acids is 2. The zero-order valence-electron chi connectivity index (χ0n) is 28.8. The van der Waals surface area contributed by atoms with Gasteiger partial charge in [0.05, 0.1) is 53.9 Å². The molecule has 0 N–H and O–H groups in total. The van der Waals surface area contributed by atoms with E-state index in [0.29, 0.717) is 44.4 Å². The average molecular weight is 691 g/mol. The van der Waals surface area contributed by atoms with Gasteiger partial charge in [-0.2, -0.15) is 5.10 Å². The van der Waals surface area contributed by atoms with Crippen molar-refractivity contribution in [3.8, 4) is 22.7 Å². The molecular weight excluding hydrogens is 653 g/mol. The molecule has 256 valence electrons. The molecule has 1 aliphatic rings. The number of methoxy groups -OCH3 is 2. The van der Waals surface area contributed by atoms with Crippen LogP contribution < -0.4 is 19.6 Å². The Morgan fingerprint density at radius 3 is 2.34 bits per heavy atom. The number of esters is 2. The molecule has 0 fully saturated rings. The van der Waals surface area contributed by atoms with Gasteiger partial charge in [0.1, 0.15) is 11.4 Å². The van der Waals surface area contributed by atoms with E-state index in [1.165, 1.54) is 30.1 Å². The maximum atomic E-state index is 14.3. The van der Waals surface area contributed by atoms with Crippen LogP contribution in [0.15, 0.2) is 100 Å². The van der Waals surface area contributed by atoms with Crippen molar-refractivity contribution in [2.24, 2.45) is 10.9 Å². The maximum Gasteiger partial charge on any atom is 0.338 e. The number of aromatic nitrogens is 3. The second-order valence-corrected chi connectivity index (χ2v) is 13.4. The summed E-state index contributed by atoms with van der Waals surface area (Å²) in [6.45, 7) is 8.71. The highest BCUT2D eigenvalue weighted by molar-refractivity contribution is 7.07. The smallest absolute Gasteiger partial charge is 0.338 e. The van der Waals surface area contributed by atoms with E-state index in [1.807, 2.05) is 67.7 Å². The summed E-state index contributed by atoms with van der Waals surface area (Å²) in [5.41, 5.74) is 5.46. The summed E-state index contributed by atoms with van der Waals surface area (Å²) in [6, 6.07) is 21.6. The van der Waals surface area contributed by atoms with Gasteiger partial charge in [0.2, 0.25) is 0 Å². The third-order valence-corrected chi connectivity index (χ3v) is 9.51. The van der Waals surface area contributed by atoms with Crippen LogP contribution >= 0.6 is 11.3 Å². The van der Waals surface area contributed by atoms with E-state index < -0.39 is 18.0 Å². The number of rotatable bonds is 10. The van der Waals surface area contributed by atoms with Crippen LogP contribution in [0.25, 0.3) is 23.0 Å². The second kappa shape index (κ2) is 14.5. The number of hydrogen-bond acceptors (Lipinski definition) is 9. The fraction of sp³-hybridized carbons (Fsp3) is 0.256. The lowest BCUT2D eigenvalue weighted by Crippen LogP contribution is -2.39. The van der Waals surface area contributed by atoms with E-state index in [2.05, 4.69) is 18.8 Å². The van der Waals surface area contributed by atoms with Gasteiger partial charge in [-0.15, -0.1) is 0 Å². The molecule has 2 aromatic heterocycles. The molecule has 11 heteroatoms. The lowest BCUT2D eigenvalue weighted by molar-refractivity contribution is -0.136. The molecule has 5 aromatic rings. The van der Waals surface area contributed by atoms with E-state index >= 15 is 0 Å². The summed E-state index contributed by atoms with van der Waals surface area (Å²) >= 11 is 1.23. The minimum atomic E-state index is -0.829. The summed E-state index contributed by atoms with van der Waals surface area (Å²) < 4.78 is 19.8. The number of benzene rings is 3. The molecule has 0 amide bonds. The Bertz CT molecular complexity index is 2280. The Balaban J connectivity index is 1.49. The third-order valence-electron chi connectivity index (χ3n) is 8.53. The highest BCUT2D eigenvalue weighted by atomic mass is 32.1. The van der Waals surface area contributed by atoms with Crippen molar-refractivity contribution in [2.45, 2.75) is 40.2 Å². The van der Waals surface area contributed by atoms with Crippen LogP contribution in [0.4, 0.5) is 0 Å². The Labute approximate surface area is 293 Å². The van der Waals surface area contributed by atoms with E-state index in [0.717, 1.165) is 34.5 Å². The molecule has 0 saturated carbocycles. The lowest BCUT2D eigenvalue weighted by Gasteiger charge is -2.24. The van der Waals surface area contributed by atoms with Gasteiger partial charge in [-0.3, -0.25) is 9.36 Å². The Morgan fingerprint density at radius 2 is 1.68 bits per heavy atom. The molecule has 6 rings (SSSR count). The number of ether oxygens (including phenoxy) is 3. The number of carbonyl (C=O) groups is 2. The summed E-state index contributed by atoms with van der Waals surface area (Å²) in [6.07, 6.45) is 4.69. The maximum absolute atomic E-state index is 14.3. The fourth-order valence-electron chi connectivity index (χ4n) is 5.86. The van der Waals surface area contributed by atoms with Gasteiger partial charge in [-0.25, -0.2) is 19.3 Å². The highest BCUT2D eigenvalue weighted by Gasteiger charge is 2.33. The highest BCUT2D eigenvalue weighted by Crippen LogP contribution is 2.32. The summed E-state index contributed by atoms with van der Waals surface area (Å²) in [5, 5.41) is 4.97. The topological polar surface area (TPSA) is 114 Å². The van der Waals surface area contributed by atoms with E-state index in [1.54, 1.807) is 35.9 Å². The number of nitrogens with zero attached hydrogens (tertiary/aromatic N) is 4. The molecule has 0 bridgehead atoms. The van der Waals surface area contributed by atoms with Gasteiger partial charge in [0, 0.05) is 17.3 Å². The third kappa shape index (κ3) is 6.81. The predicted molar refractivity (Wildman–Crippen MR) is 192 cm³/mol. The quantitative estimate of drug-likeness (QED) is 0.171. The average Bonchev–Trinajstić information content (AvgIpc) is 3.68. The molecule has 0 saturated heterocycles. The largest absolute Gasteiger partial charge is 0.493 e. The minimum Gasteiger partial charge on any atom is -0.493 e. The number of thiazole rings is 1. The normalized spacial score (nSPS) is 14.4. The molecule has 0 spiro atoms. The summed E-state index contributed by atoms with van der Waals surface area (Å²) in [7, 11) is 2.60. The van der Waals surface area contributed by atoms with Crippen LogP contribution in [-0.4, -0.2) is 47.1 Å². The van der Waals surface area contributed by atoms with Gasteiger partial charge in [-0.1, -0.05) is 55.5 Å². The summed E-state index contributed by atoms with van der Waals surface area (Å²) in [4.78, 5) is 44.7. The van der Waals surface area contributed by atoms with Crippen molar-refractivity contribution < 1.29 is 23.8 Å². The van der Waals surface area contributed by atoms with Crippen molar-refractivity contribution in [1.29, 1.82) is 0 Å². The van der Waals surface area contributed by atoms with Crippen LogP contribution in [0.2, 0.25) is 0 Å². The first-order chi connectivity index (χ1) is 24.1. The molecular formula is C39H38N4O6S. The Morgan fingerprint density at radius 1 is 0.960 bits per heavy atom. The van der Waals surface area contributed by atoms with Crippen LogP contribution in [0.1, 0.15) is 60.3 Å². The molecule has 10 nitrogen and oxygen atoms in total. The van der Waals surface area contributed by atoms with Crippen LogP contribution in [0.3, 0.4) is 0 Å². The van der Waals surface area contributed by atoms with Crippen LogP contribution in [-0.2, 0) is 14.3 Å². The van der Waals surface area contributed by atoms with E-state index in [9.17, 15) is 14.4 Å². The monoisotopic (exact) mass is 690 g/mol. The number of aryl methyl sites for hydroxylation is 1. The fourth-order valence-corrected chi connectivity index (χ4v) is 6.90. The zero-order valence-corrected chi connectivity index (χ0v) is 29.6. The first-order valence-corrected chi connectivity index (χ1v) is 17.1. The first-order valence-electron chi connectivity index (χ1n) is 16.3.